The molecular weight excluding hydrogens is 240 g/mol. The van der Waals surface area contributed by atoms with Gasteiger partial charge in [-0.3, -0.25) is 4.79 Å². The van der Waals surface area contributed by atoms with Gasteiger partial charge in [-0.15, -0.1) is 0 Å². The van der Waals surface area contributed by atoms with Crippen molar-refractivity contribution in [2.75, 3.05) is 26.2 Å². The molecular formula is C15H24N2O2. The predicted octanol–water partition coefficient (Wildman–Crippen LogP) is 1.74. The fourth-order valence-corrected chi connectivity index (χ4v) is 1.53. The Morgan fingerprint density at radius 3 is 2.84 bits per heavy atom. The molecule has 1 amide bonds. The molecule has 0 saturated carbocycles. The molecule has 0 heterocycles. The molecule has 0 spiro atoms. The molecule has 1 rings (SSSR count). The number of aryl methyl sites for hydroxylation is 1. The quantitative estimate of drug-likeness (QED) is 0.703. The van der Waals surface area contributed by atoms with Crippen LogP contribution in [0.15, 0.2) is 24.3 Å². The summed E-state index contributed by atoms with van der Waals surface area (Å²) in [5.41, 5.74) is 1.18. The first-order chi connectivity index (χ1) is 9.08. The summed E-state index contributed by atoms with van der Waals surface area (Å²) in [5, 5.41) is 5.91. The van der Waals surface area contributed by atoms with E-state index in [1.165, 1.54) is 5.56 Å². The van der Waals surface area contributed by atoms with Crippen LogP contribution in [0.3, 0.4) is 0 Å². The van der Waals surface area contributed by atoms with Crippen LogP contribution in [0.25, 0.3) is 0 Å². The monoisotopic (exact) mass is 264 g/mol. The molecule has 1 aromatic carbocycles. The summed E-state index contributed by atoms with van der Waals surface area (Å²) in [6.45, 7) is 8.45. The van der Waals surface area contributed by atoms with Crippen molar-refractivity contribution < 1.29 is 9.53 Å². The summed E-state index contributed by atoms with van der Waals surface area (Å²) in [5.74, 6) is 1.38. The van der Waals surface area contributed by atoms with Gasteiger partial charge in [-0.1, -0.05) is 26.0 Å². The zero-order valence-corrected chi connectivity index (χ0v) is 12.0. The van der Waals surface area contributed by atoms with Gasteiger partial charge < -0.3 is 15.4 Å². The average molecular weight is 264 g/mol. The van der Waals surface area contributed by atoms with Crippen LogP contribution in [0.5, 0.6) is 5.75 Å². The highest BCUT2D eigenvalue weighted by Crippen LogP contribution is 2.11. The summed E-state index contributed by atoms with van der Waals surface area (Å²) in [4.78, 5) is 11.4. The van der Waals surface area contributed by atoms with Crippen LogP contribution in [0.4, 0.5) is 0 Å². The molecule has 0 aromatic heterocycles. The number of ether oxygens (including phenoxy) is 1. The van der Waals surface area contributed by atoms with Crippen molar-refractivity contribution in [2.45, 2.75) is 20.8 Å². The van der Waals surface area contributed by atoms with E-state index in [0.717, 1.165) is 12.3 Å². The number of amides is 1. The highest BCUT2D eigenvalue weighted by molar-refractivity contribution is 5.77. The lowest BCUT2D eigenvalue weighted by Gasteiger charge is -2.09. The van der Waals surface area contributed by atoms with Crippen LogP contribution < -0.4 is 15.4 Å². The Bertz CT molecular complexity index is 391. The molecule has 0 aliphatic rings. The zero-order chi connectivity index (χ0) is 14.1. The molecule has 4 heteroatoms. The standard InChI is InChI=1S/C15H24N2O2/c1-12(2)10-17-15(18)11-16-7-8-19-14-6-4-5-13(3)9-14/h4-6,9,12,16H,7-8,10-11H2,1-3H3,(H,17,18). The molecule has 0 aliphatic heterocycles. The van der Waals surface area contributed by atoms with Crippen LogP contribution >= 0.6 is 0 Å². The minimum absolute atomic E-state index is 0.0317. The van der Waals surface area contributed by atoms with Crippen molar-refractivity contribution in [3.63, 3.8) is 0 Å². The van der Waals surface area contributed by atoms with Gasteiger partial charge in [0.25, 0.3) is 0 Å². The van der Waals surface area contributed by atoms with Crippen molar-refractivity contribution in [1.82, 2.24) is 10.6 Å². The van der Waals surface area contributed by atoms with Gasteiger partial charge in [0.15, 0.2) is 0 Å². The average Bonchev–Trinajstić information content (AvgIpc) is 2.36. The third-order valence-electron chi connectivity index (χ3n) is 2.53. The van der Waals surface area contributed by atoms with Crippen LogP contribution in [-0.2, 0) is 4.79 Å². The Balaban J connectivity index is 2.06. The van der Waals surface area contributed by atoms with Gasteiger partial charge in [0.1, 0.15) is 12.4 Å². The number of benzene rings is 1. The molecule has 0 fully saturated rings. The number of hydrogen-bond acceptors (Lipinski definition) is 3. The van der Waals surface area contributed by atoms with Gasteiger partial charge in [-0.25, -0.2) is 0 Å². The Kier molecular flexibility index (Phi) is 6.97. The first kappa shape index (κ1) is 15.5. The molecule has 19 heavy (non-hydrogen) atoms. The van der Waals surface area contributed by atoms with Gasteiger partial charge >= 0.3 is 0 Å². The largest absolute Gasteiger partial charge is 0.492 e. The number of rotatable bonds is 8. The van der Waals surface area contributed by atoms with Crippen molar-refractivity contribution in [2.24, 2.45) is 5.92 Å². The van der Waals surface area contributed by atoms with E-state index >= 15 is 0 Å². The van der Waals surface area contributed by atoms with Gasteiger partial charge in [0, 0.05) is 13.1 Å². The van der Waals surface area contributed by atoms with Gasteiger partial charge in [-0.2, -0.15) is 0 Å². The van der Waals surface area contributed by atoms with E-state index in [1.54, 1.807) is 0 Å². The van der Waals surface area contributed by atoms with Crippen molar-refractivity contribution in [3.05, 3.63) is 29.8 Å². The summed E-state index contributed by atoms with van der Waals surface area (Å²) in [6, 6.07) is 7.93. The highest BCUT2D eigenvalue weighted by Gasteiger charge is 2.01. The second kappa shape index (κ2) is 8.53. The summed E-state index contributed by atoms with van der Waals surface area (Å²) < 4.78 is 5.57. The van der Waals surface area contributed by atoms with E-state index in [-0.39, 0.29) is 5.91 Å². The van der Waals surface area contributed by atoms with E-state index in [1.807, 2.05) is 31.2 Å². The lowest BCUT2D eigenvalue weighted by atomic mass is 10.2. The maximum atomic E-state index is 11.4. The normalized spacial score (nSPS) is 10.5. The fraction of sp³-hybridized carbons (Fsp3) is 0.533. The molecule has 0 saturated heterocycles. The molecule has 2 N–H and O–H groups in total. The fourth-order valence-electron chi connectivity index (χ4n) is 1.53. The van der Waals surface area contributed by atoms with Gasteiger partial charge in [0.2, 0.25) is 5.91 Å². The summed E-state index contributed by atoms with van der Waals surface area (Å²) >= 11 is 0. The number of carbonyl (C=O) groups is 1. The molecule has 0 atom stereocenters. The first-order valence-electron chi connectivity index (χ1n) is 6.75. The van der Waals surface area contributed by atoms with E-state index in [0.29, 0.717) is 25.6 Å². The maximum absolute atomic E-state index is 11.4. The number of carbonyl (C=O) groups excluding carboxylic acids is 1. The summed E-state index contributed by atoms with van der Waals surface area (Å²) in [6.07, 6.45) is 0. The maximum Gasteiger partial charge on any atom is 0.233 e. The number of hydrogen-bond donors (Lipinski definition) is 2. The Morgan fingerprint density at radius 2 is 2.16 bits per heavy atom. The molecule has 0 aliphatic carbocycles. The van der Waals surface area contributed by atoms with Crippen LogP contribution in [0, 0.1) is 12.8 Å². The highest BCUT2D eigenvalue weighted by atomic mass is 16.5. The number of nitrogens with one attached hydrogen (secondary N) is 2. The second-order valence-corrected chi connectivity index (χ2v) is 5.04. The predicted molar refractivity (Wildman–Crippen MR) is 77.4 cm³/mol. The molecule has 0 unspecified atom stereocenters. The summed E-state index contributed by atoms with van der Waals surface area (Å²) in [7, 11) is 0. The van der Waals surface area contributed by atoms with Crippen molar-refractivity contribution in [3.8, 4) is 5.75 Å². The van der Waals surface area contributed by atoms with E-state index < -0.39 is 0 Å². The molecule has 0 bridgehead atoms. The lowest BCUT2D eigenvalue weighted by molar-refractivity contribution is -0.120. The topological polar surface area (TPSA) is 50.4 Å². The van der Waals surface area contributed by atoms with E-state index in [2.05, 4.69) is 24.5 Å². The Hall–Kier alpha value is -1.55. The van der Waals surface area contributed by atoms with Crippen molar-refractivity contribution >= 4 is 5.91 Å². The SMILES string of the molecule is Cc1cccc(OCCNCC(=O)NCC(C)C)c1. The van der Waals surface area contributed by atoms with Crippen molar-refractivity contribution in [1.29, 1.82) is 0 Å². The Labute approximate surface area is 115 Å². The third kappa shape index (κ3) is 7.47. The van der Waals surface area contributed by atoms with E-state index in [9.17, 15) is 4.79 Å². The smallest absolute Gasteiger partial charge is 0.233 e. The molecule has 106 valence electrons. The molecule has 4 nitrogen and oxygen atoms in total. The van der Waals surface area contributed by atoms with E-state index in [4.69, 9.17) is 4.74 Å². The molecule has 1 aromatic rings. The lowest BCUT2D eigenvalue weighted by Crippen LogP contribution is -2.37. The first-order valence-corrected chi connectivity index (χ1v) is 6.75. The molecule has 0 radical (unpaired) electrons. The van der Waals surface area contributed by atoms with Crippen LogP contribution in [0.2, 0.25) is 0 Å². The minimum atomic E-state index is 0.0317. The van der Waals surface area contributed by atoms with Crippen LogP contribution in [0.1, 0.15) is 19.4 Å². The Morgan fingerprint density at radius 1 is 1.37 bits per heavy atom. The van der Waals surface area contributed by atoms with Gasteiger partial charge in [-0.05, 0) is 30.5 Å². The van der Waals surface area contributed by atoms with Crippen LogP contribution in [-0.4, -0.2) is 32.1 Å². The minimum Gasteiger partial charge on any atom is -0.492 e. The van der Waals surface area contributed by atoms with Gasteiger partial charge in [0.05, 0.1) is 6.54 Å². The second-order valence-electron chi connectivity index (χ2n) is 5.04. The third-order valence-corrected chi connectivity index (χ3v) is 2.53. The zero-order valence-electron chi connectivity index (χ0n) is 12.0.